The van der Waals surface area contributed by atoms with E-state index >= 15 is 0 Å². The van der Waals surface area contributed by atoms with Crippen molar-refractivity contribution in [2.24, 2.45) is 0 Å². The second-order valence-corrected chi connectivity index (χ2v) is 5.91. The smallest absolute Gasteiger partial charge is 0.281 e. The van der Waals surface area contributed by atoms with E-state index in [9.17, 15) is 4.79 Å². The van der Waals surface area contributed by atoms with Crippen molar-refractivity contribution >= 4 is 17.3 Å². The van der Waals surface area contributed by atoms with Crippen molar-refractivity contribution in [3.8, 4) is 0 Å². The SMILES string of the molecule is CC(C)c1[nH]nc(C(=O)N2c3ccccc3CC2C)c1N. The van der Waals surface area contributed by atoms with Crippen molar-refractivity contribution in [1.29, 1.82) is 0 Å². The van der Waals surface area contributed by atoms with Crippen LogP contribution in [0, 0.1) is 0 Å². The Morgan fingerprint density at radius 3 is 2.81 bits per heavy atom. The number of nitrogens with two attached hydrogens (primary N) is 1. The zero-order valence-electron chi connectivity index (χ0n) is 12.6. The molecule has 0 bridgehead atoms. The Bertz CT molecular complexity index is 689. The molecule has 3 rings (SSSR count). The minimum atomic E-state index is -0.131. The number of nitrogens with zero attached hydrogens (tertiary/aromatic N) is 2. The first kappa shape index (κ1) is 13.7. The van der Waals surface area contributed by atoms with Gasteiger partial charge in [0.15, 0.2) is 5.69 Å². The maximum Gasteiger partial charge on any atom is 0.281 e. The molecular formula is C16H20N4O. The number of H-pyrrole nitrogens is 1. The van der Waals surface area contributed by atoms with E-state index in [-0.39, 0.29) is 17.9 Å². The Morgan fingerprint density at radius 1 is 1.43 bits per heavy atom. The van der Waals surface area contributed by atoms with E-state index in [0.717, 1.165) is 17.8 Å². The van der Waals surface area contributed by atoms with E-state index in [0.29, 0.717) is 11.4 Å². The fraction of sp³-hybridized carbons (Fsp3) is 0.375. The number of fused-ring (bicyclic) bond motifs is 1. The number of nitrogen functional groups attached to an aromatic ring is 1. The number of hydrogen-bond donors (Lipinski definition) is 2. The van der Waals surface area contributed by atoms with Gasteiger partial charge in [-0.25, -0.2) is 0 Å². The summed E-state index contributed by atoms with van der Waals surface area (Å²) in [5.74, 6) is 0.0791. The van der Waals surface area contributed by atoms with Crippen LogP contribution in [0.15, 0.2) is 24.3 Å². The predicted octanol–water partition coefficient (Wildman–Crippen LogP) is 2.71. The number of carbonyl (C=O) groups excluding carboxylic acids is 1. The van der Waals surface area contributed by atoms with Crippen LogP contribution in [-0.4, -0.2) is 22.1 Å². The van der Waals surface area contributed by atoms with Gasteiger partial charge >= 0.3 is 0 Å². The van der Waals surface area contributed by atoms with Crippen LogP contribution in [0.4, 0.5) is 11.4 Å². The second kappa shape index (κ2) is 4.91. The van der Waals surface area contributed by atoms with Crippen LogP contribution >= 0.6 is 0 Å². The summed E-state index contributed by atoms with van der Waals surface area (Å²) in [6.07, 6.45) is 0.864. The molecule has 0 radical (unpaired) electrons. The number of benzene rings is 1. The summed E-state index contributed by atoms with van der Waals surface area (Å²) >= 11 is 0. The lowest BCUT2D eigenvalue weighted by molar-refractivity contribution is 0.0977. The maximum atomic E-state index is 12.8. The van der Waals surface area contributed by atoms with E-state index < -0.39 is 0 Å². The minimum absolute atomic E-state index is 0.119. The lowest BCUT2D eigenvalue weighted by Crippen LogP contribution is -2.36. The Kier molecular flexibility index (Phi) is 3.20. The van der Waals surface area contributed by atoms with E-state index in [4.69, 9.17) is 5.73 Å². The van der Waals surface area contributed by atoms with Gasteiger partial charge in [0.2, 0.25) is 0 Å². The molecule has 1 aliphatic heterocycles. The highest BCUT2D eigenvalue weighted by Gasteiger charge is 2.33. The highest BCUT2D eigenvalue weighted by atomic mass is 16.2. The summed E-state index contributed by atoms with van der Waals surface area (Å²) in [5, 5.41) is 7.04. The maximum absolute atomic E-state index is 12.8. The Hall–Kier alpha value is -2.30. The number of amides is 1. The molecule has 5 heteroatoms. The molecule has 0 fully saturated rings. The molecule has 0 saturated heterocycles. The molecule has 1 amide bonds. The lowest BCUT2D eigenvalue weighted by atomic mass is 10.1. The number of nitrogens with one attached hydrogen (secondary N) is 1. The number of aromatic amines is 1. The zero-order chi connectivity index (χ0) is 15.1. The van der Waals surface area contributed by atoms with Crippen LogP contribution in [0.5, 0.6) is 0 Å². The van der Waals surface area contributed by atoms with Gasteiger partial charge in [-0.2, -0.15) is 5.10 Å². The molecule has 21 heavy (non-hydrogen) atoms. The van der Waals surface area contributed by atoms with Crippen molar-refractivity contribution in [3.05, 3.63) is 41.2 Å². The number of para-hydroxylation sites is 1. The molecule has 2 aromatic rings. The molecule has 0 spiro atoms. The molecule has 1 unspecified atom stereocenters. The Labute approximate surface area is 124 Å². The summed E-state index contributed by atoms with van der Waals surface area (Å²) in [7, 11) is 0. The van der Waals surface area contributed by atoms with Gasteiger partial charge in [0.1, 0.15) is 0 Å². The Balaban J connectivity index is 2.00. The van der Waals surface area contributed by atoms with Gasteiger partial charge in [-0.05, 0) is 30.9 Å². The molecule has 1 aliphatic rings. The number of aromatic nitrogens is 2. The third-order valence-electron chi connectivity index (χ3n) is 4.04. The Morgan fingerprint density at radius 2 is 2.14 bits per heavy atom. The first-order valence-electron chi connectivity index (χ1n) is 7.26. The summed E-state index contributed by atoms with van der Waals surface area (Å²) in [5.41, 5.74) is 9.85. The summed E-state index contributed by atoms with van der Waals surface area (Å²) in [6, 6.07) is 8.10. The highest BCUT2D eigenvalue weighted by molar-refractivity contribution is 6.09. The lowest BCUT2D eigenvalue weighted by Gasteiger charge is -2.22. The number of hydrogen-bond acceptors (Lipinski definition) is 3. The standard InChI is InChI=1S/C16H20N4O/c1-9(2)14-13(17)15(19-18-14)16(21)20-10(3)8-11-6-4-5-7-12(11)20/h4-7,9-10H,8,17H2,1-3H3,(H,18,19). The average Bonchev–Trinajstić information content (AvgIpc) is 2.97. The van der Waals surface area contributed by atoms with Crippen LogP contribution in [0.2, 0.25) is 0 Å². The highest BCUT2D eigenvalue weighted by Crippen LogP contribution is 2.34. The van der Waals surface area contributed by atoms with Crippen molar-refractivity contribution in [2.45, 2.75) is 39.2 Å². The normalized spacial score (nSPS) is 17.3. The largest absolute Gasteiger partial charge is 0.395 e. The quantitative estimate of drug-likeness (QED) is 0.890. The monoisotopic (exact) mass is 284 g/mol. The topological polar surface area (TPSA) is 75.0 Å². The molecule has 110 valence electrons. The zero-order valence-corrected chi connectivity index (χ0v) is 12.6. The molecule has 0 aliphatic carbocycles. The fourth-order valence-corrected chi connectivity index (χ4v) is 2.96. The third kappa shape index (κ3) is 2.09. The molecule has 0 saturated carbocycles. The molecule has 1 atom stereocenters. The van der Waals surface area contributed by atoms with Crippen molar-refractivity contribution in [1.82, 2.24) is 10.2 Å². The first-order chi connectivity index (χ1) is 10.0. The summed E-state index contributed by atoms with van der Waals surface area (Å²) in [6.45, 7) is 6.09. The molecule has 1 aromatic heterocycles. The summed E-state index contributed by atoms with van der Waals surface area (Å²) < 4.78 is 0. The molecule has 5 nitrogen and oxygen atoms in total. The number of anilines is 2. The molecular weight excluding hydrogens is 264 g/mol. The summed E-state index contributed by atoms with van der Waals surface area (Å²) in [4.78, 5) is 14.6. The van der Waals surface area contributed by atoms with Gasteiger partial charge in [0, 0.05) is 11.7 Å². The predicted molar refractivity (Wildman–Crippen MR) is 83.5 cm³/mol. The van der Waals surface area contributed by atoms with Crippen LogP contribution in [0.3, 0.4) is 0 Å². The third-order valence-corrected chi connectivity index (χ3v) is 4.04. The van der Waals surface area contributed by atoms with Gasteiger partial charge < -0.3 is 10.6 Å². The van der Waals surface area contributed by atoms with Gasteiger partial charge in [0.25, 0.3) is 5.91 Å². The molecule has 3 N–H and O–H groups in total. The van der Waals surface area contributed by atoms with Gasteiger partial charge in [-0.1, -0.05) is 32.0 Å². The second-order valence-electron chi connectivity index (χ2n) is 5.91. The van der Waals surface area contributed by atoms with Gasteiger partial charge in [-0.15, -0.1) is 0 Å². The number of rotatable bonds is 2. The van der Waals surface area contributed by atoms with Crippen molar-refractivity contribution < 1.29 is 4.79 Å². The van der Waals surface area contributed by atoms with E-state index in [1.807, 2.05) is 39.0 Å². The van der Waals surface area contributed by atoms with Crippen LogP contribution in [0.1, 0.15) is 48.4 Å². The minimum Gasteiger partial charge on any atom is -0.395 e. The number of carbonyl (C=O) groups is 1. The van der Waals surface area contributed by atoms with Crippen LogP contribution < -0.4 is 10.6 Å². The van der Waals surface area contributed by atoms with E-state index in [1.54, 1.807) is 4.90 Å². The van der Waals surface area contributed by atoms with Crippen LogP contribution in [-0.2, 0) is 6.42 Å². The van der Waals surface area contributed by atoms with E-state index in [1.165, 1.54) is 5.56 Å². The van der Waals surface area contributed by atoms with Gasteiger partial charge in [-0.3, -0.25) is 9.89 Å². The fourth-order valence-electron chi connectivity index (χ4n) is 2.96. The van der Waals surface area contributed by atoms with Crippen molar-refractivity contribution in [2.75, 3.05) is 10.6 Å². The molecule has 2 heterocycles. The van der Waals surface area contributed by atoms with E-state index in [2.05, 4.69) is 16.3 Å². The molecule has 1 aromatic carbocycles. The van der Waals surface area contributed by atoms with Crippen molar-refractivity contribution in [3.63, 3.8) is 0 Å². The average molecular weight is 284 g/mol. The van der Waals surface area contributed by atoms with Crippen LogP contribution in [0.25, 0.3) is 0 Å². The first-order valence-corrected chi connectivity index (χ1v) is 7.26. The van der Waals surface area contributed by atoms with Gasteiger partial charge in [0.05, 0.1) is 11.4 Å².